The van der Waals surface area contributed by atoms with Crippen molar-refractivity contribution in [2.45, 2.75) is 13.5 Å². The average molecular weight is 369 g/mol. The lowest BCUT2D eigenvalue weighted by Gasteiger charge is -2.11. The Morgan fingerprint density at radius 3 is 2.38 bits per heavy atom. The first-order valence-electron chi connectivity index (χ1n) is 8.02. The van der Waals surface area contributed by atoms with Crippen LogP contribution in [0.4, 0.5) is 5.69 Å². The van der Waals surface area contributed by atoms with Crippen molar-refractivity contribution in [1.29, 1.82) is 0 Å². The molecule has 2 N–H and O–H groups in total. The highest BCUT2D eigenvalue weighted by Gasteiger charge is 2.16. The van der Waals surface area contributed by atoms with Crippen LogP contribution in [0.2, 0.25) is 5.22 Å². The van der Waals surface area contributed by atoms with Gasteiger partial charge in [-0.05, 0) is 48.4 Å². The first kappa shape index (κ1) is 17.8. The van der Waals surface area contributed by atoms with Crippen LogP contribution in [-0.4, -0.2) is 11.8 Å². The van der Waals surface area contributed by atoms with E-state index in [0.29, 0.717) is 17.8 Å². The van der Waals surface area contributed by atoms with E-state index in [4.69, 9.17) is 16.0 Å². The SMILES string of the molecule is Cc1ccc(CNC(=O)c2ccccc2NC(=O)c2ccc(Cl)o2)cc1. The van der Waals surface area contributed by atoms with Crippen molar-refractivity contribution >= 4 is 29.1 Å². The molecule has 2 aromatic carbocycles. The molecule has 6 heteroatoms. The number of hydrogen-bond acceptors (Lipinski definition) is 3. The molecule has 0 aliphatic rings. The second-order valence-corrected chi connectivity index (χ2v) is 6.14. The third-order valence-electron chi connectivity index (χ3n) is 3.79. The first-order chi connectivity index (χ1) is 12.5. The van der Waals surface area contributed by atoms with Crippen molar-refractivity contribution in [3.05, 3.63) is 88.3 Å². The number of halogens is 1. The Bertz CT molecular complexity index is 932. The summed E-state index contributed by atoms with van der Waals surface area (Å²) < 4.78 is 5.09. The van der Waals surface area contributed by atoms with Gasteiger partial charge in [-0.25, -0.2) is 0 Å². The molecule has 3 aromatic rings. The summed E-state index contributed by atoms with van der Waals surface area (Å²) in [5.74, 6) is -0.681. The van der Waals surface area contributed by atoms with E-state index >= 15 is 0 Å². The topological polar surface area (TPSA) is 71.3 Å². The van der Waals surface area contributed by atoms with Gasteiger partial charge in [-0.3, -0.25) is 9.59 Å². The van der Waals surface area contributed by atoms with Crippen LogP contribution in [0, 0.1) is 6.92 Å². The number of carbonyl (C=O) groups excluding carboxylic acids is 2. The van der Waals surface area contributed by atoms with E-state index in [-0.39, 0.29) is 16.9 Å². The number of benzene rings is 2. The summed E-state index contributed by atoms with van der Waals surface area (Å²) in [5.41, 5.74) is 2.92. The van der Waals surface area contributed by atoms with Gasteiger partial charge in [0.2, 0.25) is 0 Å². The lowest BCUT2D eigenvalue weighted by atomic mass is 10.1. The minimum absolute atomic E-state index is 0.0740. The van der Waals surface area contributed by atoms with Crippen LogP contribution < -0.4 is 10.6 Å². The Morgan fingerprint density at radius 1 is 0.962 bits per heavy atom. The number of carbonyl (C=O) groups is 2. The predicted octanol–water partition coefficient (Wildman–Crippen LogP) is 4.42. The van der Waals surface area contributed by atoms with Gasteiger partial charge in [0.05, 0.1) is 11.3 Å². The van der Waals surface area contributed by atoms with Crippen LogP contribution in [0.3, 0.4) is 0 Å². The Labute approximate surface area is 156 Å². The monoisotopic (exact) mass is 368 g/mol. The zero-order chi connectivity index (χ0) is 18.5. The Morgan fingerprint density at radius 2 is 1.69 bits per heavy atom. The molecule has 0 bridgehead atoms. The van der Waals surface area contributed by atoms with E-state index < -0.39 is 5.91 Å². The largest absolute Gasteiger partial charge is 0.440 e. The van der Waals surface area contributed by atoms with E-state index in [2.05, 4.69) is 10.6 Å². The maximum Gasteiger partial charge on any atom is 0.291 e. The molecule has 1 heterocycles. The number of amides is 2. The molecule has 2 amide bonds. The fourth-order valence-corrected chi connectivity index (χ4v) is 2.54. The summed E-state index contributed by atoms with van der Waals surface area (Å²) in [6.07, 6.45) is 0. The summed E-state index contributed by atoms with van der Waals surface area (Å²) in [5, 5.41) is 5.66. The molecule has 132 valence electrons. The second kappa shape index (κ2) is 7.89. The van der Waals surface area contributed by atoms with Gasteiger partial charge < -0.3 is 15.1 Å². The van der Waals surface area contributed by atoms with Gasteiger partial charge in [0.25, 0.3) is 11.8 Å². The zero-order valence-corrected chi connectivity index (χ0v) is 14.8. The molecular formula is C20H17ClN2O3. The van der Waals surface area contributed by atoms with Crippen LogP contribution in [0.15, 0.2) is 65.1 Å². The predicted molar refractivity (Wildman–Crippen MR) is 100 cm³/mol. The number of hydrogen-bond donors (Lipinski definition) is 2. The molecule has 0 saturated heterocycles. The summed E-state index contributed by atoms with van der Waals surface area (Å²) >= 11 is 5.69. The second-order valence-electron chi connectivity index (χ2n) is 5.77. The minimum Gasteiger partial charge on any atom is -0.440 e. The van der Waals surface area contributed by atoms with Crippen molar-refractivity contribution in [2.75, 3.05) is 5.32 Å². The number of furan rings is 1. The number of rotatable bonds is 5. The molecule has 5 nitrogen and oxygen atoms in total. The van der Waals surface area contributed by atoms with E-state index in [1.165, 1.54) is 12.1 Å². The van der Waals surface area contributed by atoms with Crippen LogP contribution in [-0.2, 0) is 6.54 Å². The van der Waals surface area contributed by atoms with Gasteiger partial charge in [-0.15, -0.1) is 0 Å². The third kappa shape index (κ3) is 4.32. The lowest BCUT2D eigenvalue weighted by molar-refractivity contribution is 0.0952. The van der Waals surface area contributed by atoms with E-state index in [9.17, 15) is 9.59 Å². The standard InChI is InChI=1S/C20H17ClN2O3/c1-13-6-8-14(9-7-13)12-22-19(24)15-4-2-3-5-16(15)23-20(25)17-10-11-18(21)26-17/h2-11H,12H2,1H3,(H,22,24)(H,23,25). The van der Waals surface area contributed by atoms with Crippen molar-refractivity contribution < 1.29 is 14.0 Å². The molecular weight excluding hydrogens is 352 g/mol. The molecule has 0 atom stereocenters. The fourth-order valence-electron chi connectivity index (χ4n) is 2.39. The van der Waals surface area contributed by atoms with Crippen LogP contribution in [0.5, 0.6) is 0 Å². The molecule has 3 rings (SSSR count). The van der Waals surface area contributed by atoms with Gasteiger partial charge >= 0.3 is 0 Å². The minimum atomic E-state index is -0.476. The lowest BCUT2D eigenvalue weighted by Crippen LogP contribution is -2.24. The molecule has 1 aromatic heterocycles. The van der Waals surface area contributed by atoms with Crippen LogP contribution >= 0.6 is 11.6 Å². The maximum atomic E-state index is 12.5. The van der Waals surface area contributed by atoms with Crippen molar-refractivity contribution in [3.63, 3.8) is 0 Å². The van der Waals surface area contributed by atoms with Gasteiger partial charge in [-0.1, -0.05) is 42.0 Å². The highest BCUT2D eigenvalue weighted by atomic mass is 35.5. The fraction of sp³-hybridized carbons (Fsp3) is 0.100. The van der Waals surface area contributed by atoms with Gasteiger partial charge in [-0.2, -0.15) is 0 Å². The number of nitrogens with one attached hydrogen (secondary N) is 2. The first-order valence-corrected chi connectivity index (χ1v) is 8.40. The molecule has 26 heavy (non-hydrogen) atoms. The van der Waals surface area contributed by atoms with Crippen LogP contribution in [0.1, 0.15) is 32.0 Å². The zero-order valence-electron chi connectivity index (χ0n) is 14.1. The number of para-hydroxylation sites is 1. The molecule has 0 aliphatic heterocycles. The van der Waals surface area contributed by atoms with E-state index in [1.54, 1.807) is 24.3 Å². The summed E-state index contributed by atoms with van der Waals surface area (Å²) in [6, 6.07) is 17.6. The highest BCUT2D eigenvalue weighted by molar-refractivity contribution is 6.29. The highest BCUT2D eigenvalue weighted by Crippen LogP contribution is 2.19. The Hall–Kier alpha value is -3.05. The Balaban J connectivity index is 1.70. The summed E-state index contributed by atoms with van der Waals surface area (Å²) in [4.78, 5) is 24.7. The summed E-state index contributed by atoms with van der Waals surface area (Å²) in [7, 11) is 0. The summed E-state index contributed by atoms with van der Waals surface area (Å²) in [6.45, 7) is 2.41. The van der Waals surface area contributed by atoms with E-state index in [0.717, 1.165) is 11.1 Å². The van der Waals surface area contributed by atoms with Crippen LogP contribution in [0.25, 0.3) is 0 Å². The van der Waals surface area contributed by atoms with Crippen molar-refractivity contribution in [2.24, 2.45) is 0 Å². The average Bonchev–Trinajstić information content (AvgIpc) is 3.08. The third-order valence-corrected chi connectivity index (χ3v) is 3.99. The Kier molecular flexibility index (Phi) is 5.39. The smallest absolute Gasteiger partial charge is 0.291 e. The van der Waals surface area contributed by atoms with Crippen molar-refractivity contribution in [3.8, 4) is 0 Å². The maximum absolute atomic E-state index is 12.5. The number of aryl methyl sites for hydroxylation is 1. The van der Waals surface area contributed by atoms with Crippen molar-refractivity contribution in [1.82, 2.24) is 5.32 Å². The normalized spacial score (nSPS) is 10.4. The van der Waals surface area contributed by atoms with Gasteiger partial charge in [0.15, 0.2) is 11.0 Å². The van der Waals surface area contributed by atoms with E-state index in [1.807, 2.05) is 31.2 Å². The van der Waals surface area contributed by atoms with Gasteiger partial charge in [0.1, 0.15) is 0 Å². The number of anilines is 1. The van der Waals surface area contributed by atoms with Gasteiger partial charge in [0, 0.05) is 6.54 Å². The molecule has 0 radical (unpaired) electrons. The molecule has 0 unspecified atom stereocenters. The molecule has 0 spiro atoms. The quantitative estimate of drug-likeness (QED) is 0.700. The molecule has 0 aliphatic carbocycles. The molecule has 0 saturated carbocycles. The molecule has 0 fully saturated rings.